The smallest absolute Gasteiger partial charge is 0.119 e. The molecule has 0 aliphatic carbocycles. The third-order valence-corrected chi connectivity index (χ3v) is 5.83. The van der Waals surface area contributed by atoms with Crippen molar-refractivity contribution in [3.05, 3.63) is 65.7 Å². The SMILES string of the molecule is CC(C)CCOc1ccc([C@@](C)(O)[C@H](CN2CCOCC2)c2ccccc2)cc1. The zero-order chi connectivity index (χ0) is 20.7. The number of ether oxygens (including phenoxy) is 2. The van der Waals surface area contributed by atoms with E-state index in [1.165, 1.54) is 0 Å². The van der Waals surface area contributed by atoms with E-state index in [2.05, 4.69) is 30.9 Å². The topological polar surface area (TPSA) is 41.9 Å². The summed E-state index contributed by atoms with van der Waals surface area (Å²) < 4.78 is 11.3. The fraction of sp³-hybridized carbons (Fsp3) is 0.520. The normalized spacial score (nSPS) is 18.4. The van der Waals surface area contributed by atoms with E-state index in [9.17, 15) is 5.11 Å². The third-order valence-electron chi connectivity index (χ3n) is 5.83. The molecule has 0 amide bonds. The molecule has 1 N–H and O–H groups in total. The predicted octanol–water partition coefficient (Wildman–Crippen LogP) is 4.44. The van der Waals surface area contributed by atoms with Crippen LogP contribution in [0.2, 0.25) is 0 Å². The van der Waals surface area contributed by atoms with Crippen molar-refractivity contribution in [3.8, 4) is 5.75 Å². The summed E-state index contributed by atoms with van der Waals surface area (Å²) >= 11 is 0. The second-order valence-corrected chi connectivity index (χ2v) is 8.58. The maximum atomic E-state index is 11.7. The van der Waals surface area contributed by atoms with Gasteiger partial charge in [-0.2, -0.15) is 0 Å². The van der Waals surface area contributed by atoms with Crippen molar-refractivity contribution >= 4 is 0 Å². The van der Waals surface area contributed by atoms with Gasteiger partial charge >= 0.3 is 0 Å². The number of hydrogen-bond donors (Lipinski definition) is 1. The van der Waals surface area contributed by atoms with Crippen molar-refractivity contribution in [1.82, 2.24) is 4.90 Å². The Morgan fingerprint density at radius 2 is 1.69 bits per heavy atom. The highest BCUT2D eigenvalue weighted by Crippen LogP contribution is 2.38. The van der Waals surface area contributed by atoms with Gasteiger partial charge in [0.1, 0.15) is 5.75 Å². The van der Waals surface area contributed by atoms with E-state index in [0.717, 1.165) is 62.8 Å². The Morgan fingerprint density at radius 3 is 2.31 bits per heavy atom. The Labute approximate surface area is 175 Å². The number of benzene rings is 2. The lowest BCUT2D eigenvalue weighted by Crippen LogP contribution is -2.43. The number of hydrogen-bond acceptors (Lipinski definition) is 4. The molecule has 4 heteroatoms. The Bertz CT molecular complexity index is 721. The number of nitrogens with zero attached hydrogens (tertiary/aromatic N) is 1. The Balaban J connectivity index is 1.78. The molecule has 4 nitrogen and oxygen atoms in total. The molecule has 0 bridgehead atoms. The maximum Gasteiger partial charge on any atom is 0.119 e. The minimum Gasteiger partial charge on any atom is -0.494 e. The maximum absolute atomic E-state index is 11.7. The number of morpholine rings is 1. The lowest BCUT2D eigenvalue weighted by molar-refractivity contribution is -0.0107. The van der Waals surface area contributed by atoms with Gasteiger partial charge in [-0.15, -0.1) is 0 Å². The first kappa shape index (κ1) is 21.8. The first-order valence-corrected chi connectivity index (χ1v) is 10.8. The van der Waals surface area contributed by atoms with E-state index in [1.54, 1.807) is 0 Å². The van der Waals surface area contributed by atoms with Crippen molar-refractivity contribution in [2.45, 2.75) is 38.7 Å². The molecule has 0 unspecified atom stereocenters. The van der Waals surface area contributed by atoms with Gasteiger partial charge in [-0.25, -0.2) is 0 Å². The summed E-state index contributed by atoms with van der Waals surface area (Å²) in [5, 5.41) is 11.7. The molecular weight excluding hydrogens is 362 g/mol. The van der Waals surface area contributed by atoms with Gasteiger partial charge in [0.05, 0.1) is 25.4 Å². The fourth-order valence-electron chi connectivity index (χ4n) is 3.84. The van der Waals surface area contributed by atoms with E-state index in [0.29, 0.717) is 5.92 Å². The molecule has 2 atom stereocenters. The first-order chi connectivity index (χ1) is 14.0. The molecule has 3 rings (SSSR count). The molecular formula is C25H35NO3. The molecule has 0 aromatic heterocycles. The Kier molecular flexibility index (Phi) is 7.70. The van der Waals surface area contributed by atoms with Crippen molar-refractivity contribution in [2.24, 2.45) is 5.92 Å². The van der Waals surface area contributed by atoms with Gasteiger partial charge in [0.25, 0.3) is 0 Å². The molecule has 2 aromatic rings. The quantitative estimate of drug-likeness (QED) is 0.679. The Hall–Kier alpha value is -1.88. The van der Waals surface area contributed by atoms with Crippen molar-refractivity contribution in [3.63, 3.8) is 0 Å². The van der Waals surface area contributed by atoms with Gasteiger partial charge in [0.2, 0.25) is 0 Å². The lowest BCUT2D eigenvalue weighted by atomic mass is 9.78. The fourth-order valence-corrected chi connectivity index (χ4v) is 3.84. The largest absolute Gasteiger partial charge is 0.494 e. The molecule has 1 fully saturated rings. The summed E-state index contributed by atoms with van der Waals surface area (Å²) in [5.41, 5.74) is 1.08. The average Bonchev–Trinajstić information content (AvgIpc) is 2.73. The van der Waals surface area contributed by atoms with E-state index < -0.39 is 5.60 Å². The molecule has 2 aromatic carbocycles. The van der Waals surface area contributed by atoms with Crippen LogP contribution in [0, 0.1) is 5.92 Å². The summed E-state index contributed by atoms with van der Waals surface area (Å²) in [6.07, 6.45) is 1.04. The van der Waals surface area contributed by atoms with Gasteiger partial charge in [-0.1, -0.05) is 56.3 Å². The van der Waals surface area contributed by atoms with Gasteiger partial charge in [0.15, 0.2) is 0 Å². The van der Waals surface area contributed by atoms with E-state index in [1.807, 2.05) is 49.4 Å². The lowest BCUT2D eigenvalue weighted by Gasteiger charge is -2.38. The van der Waals surface area contributed by atoms with Crippen LogP contribution in [-0.2, 0) is 10.3 Å². The van der Waals surface area contributed by atoms with Gasteiger partial charge in [-0.3, -0.25) is 4.90 Å². The van der Waals surface area contributed by atoms with Gasteiger partial charge in [-0.05, 0) is 42.5 Å². The highest BCUT2D eigenvalue weighted by atomic mass is 16.5. The van der Waals surface area contributed by atoms with Crippen LogP contribution < -0.4 is 4.74 Å². The minimum absolute atomic E-state index is 0.0329. The van der Waals surface area contributed by atoms with Crippen LogP contribution in [0.3, 0.4) is 0 Å². The first-order valence-electron chi connectivity index (χ1n) is 10.8. The molecule has 0 radical (unpaired) electrons. The predicted molar refractivity (Wildman–Crippen MR) is 117 cm³/mol. The third kappa shape index (κ3) is 6.05. The zero-order valence-corrected chi connectivity index (χ0v) is 18.0. The summed E-state index contributed by atoms with van der Waals surface area (Å²) in [7, 11) is 0. The molecule has 1 aliphatic heterocycles. The van der Waals surface area contributed by atoms with Crippen LogP contribution in [0.1, 0.15) is 44.2 Å². The summed E-state index contributed by atoms with van der Waals surface area (Å²) in [5.74, 6) is 1.45. The van der Waals surface area contributed by atoms with E-state index in [4.69, 9.17) is 9.47 Å². The van der Waals surface area contributed by atoms with Crippen LogP contribution in [0.15, 0.2) is 54.6 Å². The van der Waals surface area contributed by atoms with E-state index >= 15 is 0 Å². The molecule has 158 valence electrons. The van der Waals surface area contributed by atoms with Crippen LogP contribution in [0.4, 0.5) is 0 Å². The van der Waals surface area contributed by atoms with Crippen LogP contribution in [0.5, 0.6) is 5.75 Å². The summed E-state index contributed by atoms with van der Waals surface area (Å²) in [4.78, 5) is 2.39. The second kappa shape index (κ2) is 10.2. The number of rotatable bonds is 9. The monoisotopic (exact) mass is 397 g/mol. The van der Waals surface area contributed by atoms with Crippen molar-refractivity contribution in [2.75, 3.05) is 39.5 Å². The Morgan fingerprint density at radius 1 is 1.03 bits per heavy atom. The summed E-state index contributed by atoms with van der Waals surface area (Å²) in [6.45, 7) is 11.2. The second-order valence-electron chi connectivity index (χ2n) is 8.58. The van der Waals surface area contributed by atoms with Crippen molar-refractivity contribution < 1.29 is 14.6 Å². The minimum atomic E-state index is -0.990. The van der Waals surface area contributed by atoms with Crippen LogP contribution >= 0.6 is 0 Å². The molecule has 29 heavy (non-hydrogen) atoms. The molecule has 1 heterocycles. The standard InChI is InChI=1S/C25H35NO3/c1-20(2)13-16-29-23-11-9-22(10-12-23)25(3,27)24(21-7-5-4-6-8-21)19-26-14-17-28-18-15-26/h4-12,20,24,27H,13-19H2,1-3H3/t24-,25-/m1/s1. The van der Waals surface area contributed by atoms with Gasteiger partial charge in [0, 0.05) is 25.6 Å². The highest BCUT2D eigenvalue weighted by Gasteiger charge is 2.36. The van der Waals surface area contributed by atoms with Crippen LogP contribution in [-0.4, -0.2) is 49.5 Å². The summed E-state index contributed by atoms with van der Waals surface area (Å²) in [6, 6.07) is 18.3. The molecule has 1 saturated heterocycles. The van der Waals surface area contributed by atoms with Gasteiger partial charge < -0.3 is 14.6 Å². The van der Waals surface area contributed by atoms with Crippen LogP contribution in [0.25, 0.3) is 0 Å². The highest BCUT2D eigenvalue weighted by molar-refractivity contribution is 5.35. The molecule has 0 spiro atoms. The molecule has 1 aliphatic rings. The van der Waals surface area contributed by atoms with E-state index in [-0.39, 0.29) is 5.92 Å². The van der Waals surface area contributed by atoms with Crippen molar-refractivity contribution in [1.29, 1.82) is 0 Å². The zero-order valence-electron chi connectivity index (χ0n) is 18.0. The average molecular weight is 398 g/mol. The molecule has 0 saturated carbocycles. The number of aliphatic hydroxyl groups is 1.